The van der Waals surface area contributed by atoms with Crippen LogP contribution < -0.4 is 4.74 Å². The third kappa shape index (κ3) is 3.41. The summed E-state index contributed by atoms with van der Waals surface area (Å²) in [7, 11) is 3.04. The van der Waals surface area contributed by atoms with Crippen LogP contribution in [0, 0.1) is 0 Å². The number of aliphatic carboxylic acids is 1. The fourth-order valence-electron chi connectivity index (χ4n) is 2.09. The van der Waals surface area contributed by atoms with Gasteiger partial charge in [0.15, 0.2) is 5.60 Å². The predicted octanol–water partition coefficient (Wildman–Crippen LogP) is 3.06. The number of allylic oxidation sites excluding steroid dienone is 3. The molecule has 2 rings (SSSR count). The molecule has 21 heavy (non-hydrogen) atoms. The number of methoxy groups -OCH3 is 2. The summed E-state index contributed by atoms with van der Waals surface area (Å²) in [5.74, 6) is -0.178. The molecule has 0 spiro atoms. The number of carbonyl (C=O) groups is 1. The van der Waals surface area contributed by atoms with Gasteiger partial charge in [-0.2, -0.15) is 0 Å². The van der Waals surface area contributed by atoms with E-state index >= 15 is 0 Å². The Morgan fingerprint density at radius 3 is 2.71 bits per heavy atom. The third-order valence-corrected chi connectivity index (χ3v) is 3.47. The van der Waals surface area contributed by atoms with Gasteiger partial charge in [-0.1, -0.05) is 36.4 Å². The van der Waals surface area contributed by atoms with Crippen LogP contribution in [0.15, 0.2) is 54.1 Å². The van der Waals surface area contributed by atoms with E-state index in [-0.39, 0.29) is 0 Å². The topological polar surface area (TPSA) is 55.8 Å². The highest BCUT2D eigenvalue weighted by Gasteiger charge is 2.36. The molecule has 0 radical (unpaired) electrons. The Balaban J connectivity index is 2.10. The van der Waals surface area contributed by atoms with Crippen LogP contribution in [-0.2, 0) is 9.53 Å². The molecule has 0 amide bonds. The molecule has 4 heteroatoms. The van der Waals surface area contributed by atoms with Crippen LogP contribution in [0.25, 0.3) is 6.08 Å². The maximum atomic E-state index is 11.2. The highest BCUT2D eigenvalue weighted by Crippen LogP contribution is 2.25. The molecule has 0 heterocycles. The van der Waals surface area contributed by atoms with Gasteiger partial charge in [0.05, 0.1) is 7.11 Å². The molecular formula is C17H18O4. The fraction of sp³-hybridized carbons (Fsp3) is 0.235. The Morgan fingerprint density at radius 1 is 1.33 bits per heavy atom. The summed E-state index contributed by atoms with van der Waals surface area (Å²) in [5.41, 5.74) is 0.727. The Bertz CT molecular complexity index is 613. The van der Waals surface area contributed by atoms with Crippen molar-refractivity contribution < 1.29 is 19.4 Å². The van der Waals surface area contributed by atoms with E-state index < -0.39 is 11.6 Å². The van der Waals surface area contributed by atoms with Crippen molar-refractivity contribution in [2.45, 2.75) is 12.0 Å². The average Bonchev–Trinajstić information content (AvgIpc) is 2.53. The molecule has 4 nitrogen and oxygen atoms in total. The molecule has 0 saturated heterocycles. The SMILES string of the molecule is COc1cccc(C=CC2=CCC(OC)(C(=O)O)C=C2)c1. The van der Waals surface area contributed by atoms with E-state index in [9.17, 15) is 9.90 Å². The molecule has 1 aromatic rings. The lowest BCUT2D eigenvalue weighted by atomic mass is 9.91. The lowest BCUT2D eigenvalue weighted by Crippen LogP contribution is -2.39. The van der Waals surface area contributed by atoms with Gasteiger partial charge in [0.25, 0.3) is 0 Å². The summed E-state index contributed by atoms with van der Waals surface area (Å²) in [6, 6.07) is 7.71. The Labute approximate surface area is 124 Å². The van der Waals surface area contributed by atoms with Gasteiger partial charge in [-0.3, -0.25) is 0 Å². The minimum Gasteiger partial charge on any atom is -0.497 e. The molecule has 110 valence electrons. The van der Waals surface area contributed by atoms with Crippen molar-refractivity contribution in [3.63, 3.8) is 0 Å². The molecule has 1 aliphatic carbocycles. The van der Waals surface area contributed by atoms with E-state index in [0.717, 1.165) is 16.9 Å². The molecule has 1 aromatic carbocycles. The van der Waals surface area contributed by atoms with Crippen molar-refractivity contribution in [2.24, 2.45) is 0 Å². The molecule has 0 aliphatic heterocycles. The van der Waals surface area contributed by atoms with Crippen molar-refractivity contribution in [3.8, 4) is 5.75 Å². The highest BCUT2D eigenvalue weighted by atomic mass is 16.5. The number of hydrogen-bond acceptors (Lipinski definition) is 3. The maximum absolute atomic E-state index is 11.2. The van der Waals surface area contributed by atoms with Gasteiger partial charge < -0.3 is 14.6 Å². The number of carboxylic acids is 1. The lowest BCUT2D eigenvalue weighted by molar-refractivity contribution is -0.156. The number of rotatable bonds is 5. The molecule has 0 aromatic heterocycles. The van der Waals surface area contributed by atoms with Gasteiger partial charge in [-0.25, -0.2) is 4.79 Å². The van der Waals surface area contributed by atoms with Gasteiger partial charge in [-0.15, -0.1) is 0 Å². The molecule has 1 N–H and O–H groups in total. The molecule has 0 saturated carbocycles. The van der Waals surface area contributed by atoms with Crippen LogP contribution in [0.5, 0.6) is 5.75 Å². The maximum Gasteiger partial charge on any atom is 0.340 e. The van der Waals surface area contributed by atoms with Crippen molar-refractivity contribution in [1.82, 2.24) is 0 Å². The van der Waals surface area contributed by atoms with Gasteiger partial charge in [0, 0.05) is 13.5 Å². The van der Waals surface area contributed by atoms with E-state index in [1.54, 1.807) is 19.3 Å². The van der Waals surface area contributed by atoms with Crippen LogP contribution in [0.4, 0.5) is 0 Å². The van der Waals surface area contributed by atoms with Crippen molar-refractivity contribution >= 4 is 12.0 Å². The number of carboxylic acid groups (broad SMARTS) is 1. The minimum absolute atomic E-state index is 0.313. The molecule has 1 unspecified atom stereocenters. The Hall–Kier alpha value is -2.33. The van der Waals surface area contributed by atoms with E-state index in [1.807, 2.05) is 42.5 Å². The van der Waals surface area contributed by atoms with E-state index in [0.29, 0.717) is 6.42 Å². The minimum atomic E-state index is -1.24. The second-order valence-electron chi connectivity index (χ2n) is 4.75. The van der Waals surface area contributed by atoms with Crippen LogP contribution in [0.1, 0.15) is 12.0 Å². The van der Waals surface area contributed by atoms with E-state index in [4.69, 9.17) is 9.47 Å². The summed E-state index contributed by atoms with van der Waals surface area (Å²) < 4.78 is 10.3. The monoisotopic (exact) mass is 286 g/mol. The number of benzene rings is 1. The summed E-state index contributed by atoms with van der Waals surface area (Å²) in [6.45, 7) is 0. The fourth-order valence-corrected chi connectivity index (χ4v) is 2.09. The molecule has 0 fully saturated rings. The Kier molecular flexibility index (Phi) is 4.60. The molecule has 1 aliphatic rings. The summed E-state index contributed by atoms with van der Waals surface area (Å²) in [5, 5.41) is 9.20. The van der Waals surface area contributed by atoms with Crippen LogP contribution >= 0.6 is 0 Å². The summed E-state index contributed by atoms with van der Waals surface area (Å²) in [4.78, 5) is 11.2. The van der Waals surface area contributed by atoms with Crippen LogP contribution in [-0.4, -0.2) is 30.9 Å². The van der Waals surface area contributed by atoms with Gasteiger partial charge >= 0.3 is 5.97 Å². The second-order valence-corrected chi connectivity index (χ2v) is 4.75. The zero-order valence-electron chi connectivity index (χ0n) is 12.1. The Morgan fingerprint density at radius 2 is 2.14 bits per heavy atom. The van der Waals surface area contributed by atoms with Gasteiger partial charge in [0.1, 0.15) is 5.75 Å². The highest BCUT2D eigenvalue weighted by molar-refractivity contribution is 5.81. The normalized spacial score (nSPS) is 21.3. The smallest absolute Gasteiger partial charge is 0.340 e. The quantitative estimate of drug-likeness (QED) is 0.903. The first-order valence-electron chi connectivity index (χ1n) is 6.60. The largest absolute Gasteiger partial charge is 0.497 e. The lowest BCUT2D eigenvalue weighted by Gasteiger charge is -2.25. The van der Waals surface area contributed by atoms with Gasteiger partial charge in [0.2, 0.25) is 0 Å². The summed E-state index contributed by atoms with van der Waals surface area (Å²) in [6.07, 6.45) is 9.41. The predicted molar refractivity (Wildman–Crippen MR) is 81.2 cm³/mol. The first kappa shape index (κ1) is 15.1. The van der Waals surface area contributed by atoms with Crippen molar-refractivity contribution in [2.75, 3.05) is 14.2 Å². The van der Waals surface area contributed by atoms with Crippen LogP contribution in [0.3, 0.4) is 0 Å². The zero-order chi connectivity index (χ0) is 15.3. The zero-order valence-corrected chi connectivity index (χ0v) is 12.1. The second kappa shape index (κ2) is 6.41. The molecule has 0 bridgehead atoms. The standard InChI is InChI=1S/C17H18O4/c1-20-15-5-3-4-14(12-15)7-6-13-8-10-17(21-2,11-9-13)16(18)19/h3-10,12H,11H2,1-2H3,(H,18,19). The first-order chi connectivity index (χ1) is 10.1. The molecular weight excluding hydrogens is 268 g/mol. The van der Waals surface area contributed by atoms with E-state index in [1.165, 1.54) is 7.11 Å². The first-order valence-corrected chi connectivity index (χ1v) is 6.60. The summed E-state index contributed by atoms with van der Waals surface area (Å²) >= 11 is 0. The van der Waals surface area contributed by atoms with Crippen molar-refractivity contribution in [3.05, 3.63) is 59.7 Å². The third-order valence-electron chi connectivity index (χ3n) is 3.47. The average molecular weight is 286 g/mol. The number of ether oxygens (including phenoxy) is 2. The van der Waals surface area contributed by atoms with E-state index in [2.05, 4.69) is 0 Å². The van der Waals surface area contributed by atoms with Gasteiger partial charge in [-0.05, 0) is 29.3 Å². The molecule has 1 atom stereocenters. The van der Waals surface area contributed by atoms with Crippen LogP contribution in [0.2, 0.25) is 0 Å². The number of hydrogen-bond donors (Lipinski definition) is 1. The van der Waals surface area contributed by atoms with Crippen molar-refractivity contribution in [1.29, 1.82) is 0 Å².